The molecule has 96 valence electrons. The van der Waals surface area contributed by atoms with Crippen molar-refractivity contribution in [1.82, 2.24) is 9.80 Å². The molecule has 0 saturated carbocycles. The normalized spacial score (nSPS) is 15.4. The van der Waals surface area contributed by atoms with Gasteiger partial charge in [0.1, 0.15) is 0 Å². The molecule has 1 fully saturated rings. The van der Waals surface area contributed by atoms with Gasteiger partial charge in [-0.05, 0) is 18.2 Å². The summed E-state index contributed by atoms with van der Waals surface area (Å²) in [6, 6.07) is 4.59. The lowest BCUT2D eigenvalue weighted by molar-refractivity contribution is 0.0952. The highest BCUT2D eigenvalue weighted by Crippen LogP contribution is 2.23. The maximum absolute atomic E-state index is 12.0. The van der Waals surface area contributed by atoms with Crippen molar-refractivity contribution >= 4 is 35.0 Å². The van der Waals surface area contributed by atoms with E-state index in [0.29, 0.717) is 28.7 Å². The molecule has 4 nitrogen and oxygen atoms in total. The molecule has 0 N–H and O–H groups in total. The van der Waals surface area contributed by atoms with E-state index < -0.39 is 0 Å². The lowest BCUT2D eigenvalue weighted by Crippen LogP contribution is -2.33. The summed E-state index contributed by atoms with van der Waals surface area (Å²) in [5.74, 6) is -0.141. The summed E-state index contributed by atoms with van der Waals surface area (Å²) in [5, 5.41) is 0.748. The Kier molecular flexibility index (Phi) is 3.78. The number of hydrogen-bond donors (Lipinski definition) is 0. The van der Waals surface area contributed by atoms with E-state index >= 15 is 0 Å². The number of urea groups is 1. The fourth-order valence-corrected chi connectivity index (χ4v) is 2.08. The largest absolute Gasteiger partial charge is 0.326 e. The lowest BCUT2D eigenvalue weighted by Gasteiger charge is -2.15. The summed E-state index contributed by atoms with van der Waals surface area (Å²) < 4.78 is 0. The minimum Gasteiger partial charge on any atom is -0.326 e. The number of nitrogens with zero attached hydrogens (tertiary/aromatic N) is 2. The molecule has 0 atom stereocenters. The molecule has 0 bridgehead atoms. The number of hydrogen-bond acceptors (Lipinski definition) is 2. The number of carbonyl (C=O) groups is 2. The molecular formula is C12H12Cl2N2O2. The number of rotatable bonds is 3. The Hall–Kier alpha value is -1.26. The molecule has 6 heteroatoms. The van der Waals surface area contributed by atoms with Crippen LogP contribution in [0.3, 0.4) is 0 Å². The minimum absolute atomic E-state index is 0.0706. The molecule has 1 heterocycles. The summed E-state index contributed by atoms with van der Waals surface area (Å²) in [4.78, 5) is 26.8. The van der Waals surface area contributed by atoms with Gasteiger partial charge in [0.15, 0.2) is 5.78 Å². The number of carbonyl (C=O) groups excluding carboxylic acids is 2. The first-order chi connectivity index (χ1) is 8.49. The predicted molar refractivity (Wildman–Crippen MR) is 70.4 cm³/mol. The van der Waals surface area contributed by atoms with Crippen LogP contribution in [0.5, 0.6) is 0 Å². The maximum Gasteiger partial charge on any atom is 0.320 e. The van der Waals surface area contributed by atoms with Gasteiger partial charge in [-0.3, -0.25) is 4.79 Å². The van der Waals surface area contributed by atoms with Crippen molar-refractivity contribution in [3.8, 4) is 0 Å². The Balaban J connectivity index is 2.08. The summed E-state index contributed by atoms with van der Waals surface area (Å²) in [6.07, 6.45) is 0. The molecule has 0 radical (unpaired) electrons. The van der Waals surface area contributed by atoms with Crippen molar-refractivity contribution < 1.29 is 9.59 Å². The summed E-state index contributed by atoms with van der Waals surface area (Å²) in [5.41, 5.74) is 0.465. The first kappa shape index (κ1) is 13.2. The fraction of sp³-hybridized carbons (Fsp3) is 0.333. The van der Waals surface area contributed by atoms with Gasteiger partial charge in [-0.2, -0.15) is 0 Å². The first-order valence-electron chi connectivity index (χ1n) is 5.47. The molecule has 0 spiro atoms. The molecule has 1 aliphatic heterocycles. The zero-order valence-corrected chi connectivity index (χ0v) is 11.3. The van der Waals surface area contributed by atoms with Crippen LogP contribution >= 0.6 is 23.2 Å². The van der Waals surface area contributed by atoms with Crippen LogP contribution < -0.4 is 0 Å². The zero-order valence-electron chi connectivity index (χ0n) is 9.82. The Labute approximate surface area is 115 Å². The van der Waals surface area contributed by atoms with Gasteiger partial charge in [0, 0.05) is 25.7 Å². The monoisotopic (exact) mass is 286 g/mol. The van der Waals surface area contributed by atoms with Gasteiger partial charge in [-0.25, -0.2) is 4.79 Å². The van der Waals surface area contributed by atoms with Crippen molar-refractivity contribution in [3.05, 3.63) is 33.8 Å². The van der Waals surface area contributed by atoms with Gasteiger partial charge in [-0.15, -0.1) is 0 Å². The van der Waals surface area contributed by atoms with Crippen molar-refractivity contribution in [2.24, 2.45) is 0 Å². The average molecular weight is 287 g/mol. The second-order valence-corrected chi connectivity index (χ2v) is 4.99. The lowest BCUT2D eigenvalue weighted by atomic mass is 10.1. The van der Waals surface area contributed by atoms with E-state index in [1.807, 2.05) is 0 Å². The van der Waals surface area contributed by atoms with E-state index in [1.54, 1.807) is 24.1 Å². The molecule has 18 heavy (non-hydrogen) atoms. The molecule has 0 aliphatic carbocycles. The zero-order chi connectivity index (χ0) is 13.3. The Morgan fingerprint density at radius 2 is 2.00 bits per heavy atom. The highest BCUT2D eigenvalue weighted by atomic mass is 35.5. The van der Waals surface area contributed by atoms with Crippen molar-refractivity contribution in [1.29, 1.82) is 0 Å². The van der Waals surface area contributed by atoms with E-state index in [2.05, 4.69) is 0 Å². The smallest absolute Gasteiger partial charge is 0.320 e. The van der Waals surface area contributed by atoms with Crippen molar-refractivity contribution in [2.75, 3.05) is 26.7 Å². The van der Waals surface area contributed by atoms with Crippen LogP contribution in [0.2, 0.25) is 10.0 Å². The minimum atomic E-state index is -0.141. The summed E-state index contributed by atoms with van der Waals surface area (Å²) in [7, 11) is 1.71. The van der Waals surface area contributed by atoms with E-state index in [0.717, 1.165) is 0 Å². The van der Waals surface area contributed by atoms with E-state index in [1.165, 1.54) is 11.0 Å². The summed E-state index contributed by atoms with van der Waals surface area (Å²) in [6.45, 7) is 1.29. The van der Waals surface area contributed by atoms with Crippen LogP contribution in [0.15, 0.2) is 18.2 Å². The standard InChI is InChI=1S/C12H12Cl2N2O2/c1-15-4-5-16(12(15)18)7-11(17)8-2-3-9(13)10(14)6-8/h2-3,6H,4-5,7H2,1H3. The third kappa shape index (κ3) is 2.60. The molecule has 1 saturated heterocycles. The Morgan fingerprint density at radius 3 is 2.56 bits per heavy atom. The van der Waals surface area contributed by atoms with Crippen molar-refractivity contribution in [3.63, 3.8) is 0 Å². The number of halogens is 2. The average Bonchev–Trinajstić information content (AvgIpc) is 2.64. The van der Waals surface area contributed by atoms with Gasteiger partial charge >= 0.3 is 6.03 Å². The number of amides is 2. The van der Waals surface area contributed by atoms with E-state index in [4.69, 9.17) is 23.2 Å². The highest BCUT2D eigenvalue weighted by Gasteiger charge is 2.27. The molecule has 2 rings (SSSR count). The van der Waals surface area contributed by atoms with Crippen LogP contribution in [0, 0.1) is 0 Å². The molecule has 1 aromatic rings. The second kappa shape index (κ2) is 5.16. The van der Waals surface area contributed by atoms with Crippen LogP contribution in [0.1, 0.15) is 10.4 Å². The second-order valence-electron chi connectivity index (χ2n) is 4.18. The number of likely N-dealkylation sites (N-methyl/N-ethyl adjacent to an activating group) is 1. The molecule has 1 aliphatic rings. The molecule has 2 amide bonds. The third-order valence-corrected chi connectivity index (χ3v) is 3.62. The number of benzene rings is 1. The van der Waals surface area contributed by atoms with Gasteiger partial charge in [0.05, 0.1) is 16.6 Å². The van der Waals surface area contributed by atoms with Crippen LogP contribution in [-0.2, 0) is 0 Å². The SMILES string of the molecule is CN1CCN(CC(=O)c2ccc(Cl)c(Cl)c2)C1=O. The van der Waals surface area contributed by atoms with Crippen molar-refractivity contribution in [2.45, 2.75) is 0 Å². The maximum atomic E-state index is 12.0. The quantitative estimate of drug-likeness (QED) is 0.802. The third-order valence-electron chi connectivity index (χ3n) is 2.88. The highest BCUT2D eigenvalue weighted by molar-refractivity contribution is 6.42. The topological polar surface area (TPSA) is 40.6 Å². The van der Waals surface area contributed by atoms with Gasteiger partial charge in [0.25, 0.3) is 0 Å². The van der Waals surface area contributed by atoms with Gasteiger partial charge in [-0.1, -0.05) is 23.2 Å². The van der Waals surface area contributed by atoms with Crippen LogP contribution in [-0.4, -0.2) is 48.3 Å². The van der Waals surface area contributed by atoms with Gasteiger partial charge in [0.2, 0.25) is 0 Å². The summed E-state index contributed by atoms with van der Waals surface area (Å²) >= 11 is 11.6. The number of ketones is 1. The van der Waals surface area contributed by atoms with Crippen LogP contribution in [0.25, 0.3) is 0 Å². The molecule has 1 aromatic carbocycles. The number of Topliss-reactive ketones (excluding diaryl/α,β-unsaturated/α-hetero) is 1. The van der Waals surface area contributed by atoms with E-state index in [-0.39, 0.29) is 18.4 Å². The Morgan fingerprint density at radius 1 is 1.28 bits per heavy atom. The molecule has 0 unspecified atom stereocenters. The molecular weight excluding hydrogens is 275 g/mol. The predicted octanol–water partition coefficient (Wildman–Crippen LogP) is 2.54. The van der Waals surface area contributed by atoms with Gasteiger partial charge < -0.3 is 9.80 Å². The fourth-order valence-electron chi connectivity index (χ4n) is 1.78. The van der Waals surface area contributed by atoms with Crippen LogP contribution in [0.4, 0.5) is 4.79 Å². The Bertz CT molecular complexity index is 505. The van der Waals surface area contributed by atoms with E-state index in [9.17, 15) is 9.59 Å². The first-order valence-corrected chi connectivity index (χ1v) is 6.23. The molecule has 0 aromatic heterocycles.